The lowest BCUT2D eigenvalue weighted by Gasteiger charge is -2.34. The summed E-state index contributed by atoms with van der Waals surface area (Å²) in [6.07, 6.45) is -11.8. The average Bonchev–Trinajstić information content (AvgIpc) is 2.84. The fourth-order valence-corrected chi connectivity index (χ4v) is 4.63. The molecule has 3 aromatic rings. The first-order valence-electron chi connectivity index (χ1n) is 11.9. The van der Waals surface area contributed by atoms with Crippen molar-refractivity contribution in [1.82, 2.24) is 9.80 Å². The van der Waals surface area contributed by atoms with Gasteiger partial charge in [-0.1, -0.05) is 78.4 Å². The van der Waals surface area contributed by atoms with Crippen molar-refractivity contribution >= 4 is 0 Å². The zero-order valence-corrected chi connectivity index (χ0v) is 20.3. The van der Waals surface area contributed by atoms with Crippen molar-refractivity contribution < 1.29 is 31.4 Å². The number of benzene rings is 3. The van der Waals surface area contributed by atoms with E-state index in [-0.39, 0.29) is 0 Å². The molecule has 1 N–H and O–H groups in total. The van der Waals surface area contributed by atoms with Gasteiger partial charge in [0.05, 0.1) is 0 Å². The average molecular weight is 523 g/mol. The van der Waals surface area contributed by atoms with E-state index >= 15 is 0 Å². The molecule has 37 heavy (non-hydrogen) atoms. The van der Waals surface area contributed by atoms with Gasteiger partial charge in [-0.05, 0) is 29.2 Å². The third kappa shape index (κ3) is 6.00. The van der Waals surface area contributed by atoms with Crippen LogP contribution in [-0.4, -0.2) is 53.4 Å². The summed E-state index contributed by atoms with van der Waals surface area (Å²) in [5.41, 5.74) is -1.47. The van der Waals surface area contributed by atoms with Crippen LogP contribution in [0.4, 0.5) is 26.3 Å². The Balaban J connectivity index is 1.36. The minimum absolute atomic E-state index is 0.451. The van der Waals surface area contributed by atoms with Crippen LogP contribution in [0.2, 0.25) is 0 Å². The minimum Gasteiger partial charge on any atom is -0.369 e. The highest BCUT2D eigenvalue weighted by molar-refractivity contribution is 5.64. The normalized spacial score (nSPS) is 16.2. The van der Waals surface area contributed by atoms with E-state index in [4.69, 9.17) is 0 Å². The molecule has 198 valence electrons. The smallest absolute Gasteiger partial charge is 0.369 e. The Kier molecular flexibility index (Phi) is 7.69. The van der Waals surface area contributed by atoms with Crippen LogP contribution in [0.3, 0.4) is 0 Å². The molecule has 1 aliphatic rings. The molecule has 1 fully saturated rings. The Bertz CT molecular complexity index is 1170. The van der Waals surface area contributed by atoms with Crippen molar-refractivity contribution in [2.24, 2.45) is 0 Å². The number of aliphatic hydroxyl groups is 1. The van der Waals surface area contributed by atoms with E-state index < -0.39 is 23.5 Å². The molecule has 4 rings (SSSR count). The number of rotatable bonds is 6. The summed E-state index contributed by atoms with van der Waals surface area (Å²) in [6, 6.07) is 19.5. The van der Waals surface area contributed by atoms with Gasteiger partial charge in [0.2, 0.25) is 0 Å². The summed E-state index contributed by atoms with van der Waals surface area (Å²) in [6.45, 7) is 7.53. The van der Waals surface area contributed by atoms with Gasteiger partial charge < -0.3 is 5.11 Å². The predicted octanol–water partition coefficient (Wildman–Crippen LogP) is 6.29. The molecular formula is C28H28F6N2O. The Labute approximate surface area is 211 Å². The number of halogens is 6. The molecular weight excluding hydrogens is 494 g/mol. The van der Waals surface area contributed by atoms with Gasteiger partial charge in [-0.3, -0.25) is 9.80 Å². The lowest BCUT2D eigenvalue weighted by Crippen LogP contribution is -2.53. The second-order valence-electron chi connectivity index (χ2n) is 9.52. The van der Waals surface area contributed by atoms with Crippen LogP contribution < -0.4 is 0 Å². The summed E-state index contributed by atoms with van der Waals surface area (Å²) in [4.78, 5) is 4.78. The van der Waals surface area contributed by atoms with Crippen LogP contribution >= 0.6 is 0 Å². The van der Waals surface area contributed by atoms with Crippen LogP contribution in [0.5, 0.6) is 0 Å². The number of hydrogen-bond acceptors (Lipinski definition) is 3. The van der Waals surface area contributed by atoms with Gasteiger partial charge in [-0.2, -0.15) is 26.3 Å². The number of aryl methyl sites for hydroxylation is 1. The van der Waals surface area contributed by atoms with Crippen LogP contribution in [0, 0.1) is 6.92 Å². The molecule has 0 aliphatic carbocycles. The van der Waals surface area contributed by atoms with Gasteiger partial charge in [-0.15, -0.1) is 0 Å². The SMILES string of the molecule is Cc1cccc(CN2CCN(Cc3ccc(-c4ccc(C(O)(C(F)(F)F)C(F)(F)F)cc4)cc3)CC2)c1. The number of alkyl halides is 6. The largest absolute Gasteiger partial charge is 0.430 e. The van der Waals surface area contributed by atoms with E-state index in [1.165, 1.54) is 11.1 Å². The minimum atomic E-state index is -5.90. The van der Waals surface area contributed by atoms with Crippen molar-refractivity contribution in [3.63, 3.8) is 0 Å². The number of nitrogens with zero attached hydrogens (tertiary/aromatic N) is 2. The maximum absolute atomic E-state index is 13.1. The Morgan fingerprint density at radius 2 is 1.11 bits per heavy atom. The zero-order chi connectivity index (χ0) is 26.8. The highest BCUT2D eigenvalue weighted by atomic mass is 19.4. The third-order valence-electron chi connectivity index (χ3n) is 6.77. The van der Waals surface area contributed by atoms with E-state index in [1.807, 2.05) is 12.1 Å². The van der Waals surface area contributed by atoms with Gasteiger partial charge in [0.25, 0.3) is 5.60 Å². The lowest BCUT2D eigenvalue weighted by molar-refractivity contribution is -0.376. The van der Waals surface area contributed by atoms with Crippen LogP contribution in [-0.2, 0) is 18.7 Å². The fourth-order valence-electron chi connectivity index (χ4n) is 4.63. The van der Waals surface area contributed by atoms with Gasteiger partial charge in [-0.25, -0.2) is 0 Å². The highest BCUT2D eigenvalue weighted by Gasteiger charge is 2.71. The topological polar surface area (TPSA) is 26.7 Å². The molecule has 0 atom stereocenters. The number of piperazine rings is 1. The van der Waals surface area contributed by atoms with Crippen molar-refractivity contribution in [2.75, 3.05) is 26.2 Å². The molecule has 3 nitrogen and oxygen atoms in total. The quantitative estimate of drug-likeness (QED) is 0.386. The molecule has 3 aromatic carbocycles. The van der Waals surface area contributed by atoms with Crippen LogP contribution in [0.25, 0.3) is 11.1 Å². The summed E-state index contributed by atoms with van der Waals surface area (Å²) in [5.74, 6) is 0. The Morgan fingerprint density at radius 1 is 0.649 bits per heavy atom. The molecule has 1 aliphatic heterocycles. The second-order valence-corrected chi connectivity index (χ2v) is 9.52. The molecule has 0 radical (unpaired) electrons. The zero-order valence-electron chi connectivity index (χ0n) is 20.3. The second kappa shape index (κ2) is 10.5. The van der Waals surface area contributed by atoms with E-state index in [9.17, 15) is 31.4 Å². The summed E-state index contributed by atoms with van der Waals surface area (Å²) in [5, 5.41) is 9.55. The van der Waals surface area contributed by atoms with Crippen molar-refractivity contribution in [3.05, 3.63) is 95.1 Å². The first kappa shape index (κ1) is 27.2. The van der Waals surface area contributed by atoms with Crippen molar-refractivity contribution in [2.45, 2.75) is 38.0 Å². The van der Waals surface area contributed by atoms with Gasteiger partial charge in [0, 0.05) is 44.8 Å². The Hall–Kier alpha value is -2.88. The maximum atomic E-state index is 13.1. The highest BCUT2D eigenvalue weighted by Crippen LogP contribution is 2.50. The summed E-state index contributed by atoms with van der Waals surface area (Å²) in [7, 11) is 0. The summed E-state index contributed by atoms with van der Waals surface area (Å²) >= 11 is 0. The molecule has 0 aromatic heterocycles. The molecule has 9 heteroatoms. The van der Waals surface area contributed by atoms with Gasteiger partial charge in [0.15, 0.2) is 0 Å². The number of hydrogen-bond donors (Lipinski definition) is 1. The molecule has 0 unspecified atom stereocenters. The lowest BCUT2D eigenvalue weighted by atomic mass is 9.90. The maximum Gasteiger partial charge on any atom is 0.430 e. The van der Waals surface area contributed by atoms with Crippen LogP contribution in [0.1, 0.15) is 22.3 Å². The van der Waals surface area contributed by atoms with Gasteiger partial charge in [0.1, 0.15) is 0 Å². The molecule has 1 saturated heterocycles. The standard InChI is InChI=1S/C28H28F6N2O/c1-20-3-2-4-22(17-20)19-36-15-13-35(14-16-36)18-21-5-7-23(8-6-21)24-9-11-25(12-10-24)26(37,27(29,30)31)28(32,33)34/h2-12,17,37H,13-16,18-19H2,1H3. The van der Waals surface area contributed by atoms with E-state index in [2.05, 4.69) is 41.0 Å². The van der Waals surface area contributed by atoms with Crippen molar-refractivity contribution in [3.8, 4) is 11.1 Å². The summed E-state index contributed by atoms with van der Waals surface area (Å²) < 4.78 is 78.6. The molecule has 0 saturated carbocycles. The molecule has 0 bridgehead atoms. The predicted molar refractivity (Wildman–Crippen MR) is 130 cm³/mol. The third-order valence-corrected chi connectivity index (χ3v) is 6.77. The Morgan fingerprint density at radius 3 is 1.57 bits per heavy atom. The van der Waals surface area contributed by atoms with Crippen molar-refractivity contribution in [1.29, 1.82) is 0 Å². The van der Waals surface area contributed by atoms with E-state index in [1.54, 1.807) is 12.1 Å². The molecule has 0 amide bonds. The molecule has 0 spiro atoms. The monoisotopic (exact) mass is 522 g/mol. The van der Waals surface area contributed by atoms with Crippen LogP contribution in [0.15, 0.2) is 72.8 Å². The first-order valence-corrected chi connectivity index (χ1v) is 11.9. The fraction of sp³-hybridized carbons (Fsp3) is 0.357. The first-order chi connectivity index (χ1) is 17.4. The van der Waals surface area contributed by atoms with E-state index in [0.29, 0.717) is 23.3 Å². The van der Waals surface area contributed by atoms with E-state index in [0.717, 1.165) is 57.0 Å². The molecule has 1 heterocycles. The van der Waals surface area contributed by atoms with Gasteiger partial charge >= 0.3 is 12.4 Å².